The zero-order valence-electron chi connectivity index (χ0n) is 10.4. The van der Waals surface area contributed by atoms with Crippen molar-refractivity contribution in [1.29, 1.82) is 0 Å². The molecule has 0 bridgehead atoms. The van der Waals surface area contributed by atoms with E-state index in [2.05, 4.69) is 4.72 Å². The Kier molecular flexibility index (Phi) is 4.54. The van der Waals surface area contributed by atoms with Gasteiger partial charge in [-0.05, 0) is 37.0 Å². The number of nitrogens with one attached hydrogen (secondary N) is 1. The molecule has 17 heavy (non-hydrogen) atoms. The van der Waals surface area contributed by atoms with Crippen LogP contribution in [0.2, 0.25) is 0 Å². The standard InChI is InChI=1S/C12H19NO3S/c1-4-11(14)7-10-6-5-9(2)12(8-10)13-17(3,15)16/h5-6,8,11,13-14H,4,7H2,1-3H3. The molecule has 0 amide bonds. The molecule has 0 heterocycles. The van der Waals surface area contributed by atoms with E-state index in [1.54, 1.807) is 6.07 Å². The van der Waals surface area contributed by atoms with E-state index in [9.17, 15) is 13.5 Å². The van der Waals surface area contributed by atoms with Crippen LogP contribution in [0.5, 0.6) is 0 Å². The molecule has 1 aromatic rings. The van der Waals surface area contributed by atoms with Gasteiger partial charge in [-0.2, -0.15) is 0 Å². The fourth-order valence-corrected chi connectivity index (χ4v) is 2.14. The first-order valence-electron chi connectivity index (χ1n) is 5.57. The summed E-state index contributed by atoms with van der Waals surface area (Å²) in [6.07, 6.45) is 1.96. The molecule has 1 atom stereocenters. The summed E-state index contributed by atoms with van der Waals surface area (Å²) < 4.78 is 24.8. The molecule has 1 rings (SSSR count). The van der Waals surface area contributed by atoms with Crippen molar-refractivity contribution in [3.63, 3.8) is 0 Å². The van der Waals surface area contributed by atoms with Gasteiger partial charge in [-0.3, -0.25) is 4.72 Å². The number of benzene rings is 1. The lowest BCUT2D eigenvalue weighted by atomic mass is 10.0. The number of hydrogen-bond acceptors (Lipinski definition) is 3. The average molecular weight is 257 g/mol. The van der Waals surface area contributed by atoms with Gasteiger partial charge in [0.25, 0.3) is 0 Å². The monoisotopic (exact) mass is 257 g/mol. The van der Waals surface area contributed by atoms with Gasteiger partial charge in [0.2, 0.25) is 10.0 Å². The van der Waals surface area contributed by atoms with Crippen molar-refractivity contribution in [2.75, 3.05) is 11.0 Å². The van der Waals surface area contributed by atoms with Crippen molar-refractivity contribution in [1.82, 2.24) is 0 Å². The summed E-state index contributed by atoms with van der Waals surface area (Å²) in [5, 5.41) is 9.57. The van der Waals surface area contributed by atoms with Crippen LogP contribution in [0.3, 0.4) is 0 Å². The fourth-order valence-electron chi connectivity index (χ4n) is 1.52. The Balaban J connectivity index is 2.94. The first-order valence-corrected chi connectivity index (χ1v) is 7.46. The van der Waals surface area contributed by atoms with Gasteiger partial charge in [0.05, 0.1) is 18.0 Å². The van der Waals surface area contributed by atoms with Gasteiger partial charge < -0.3 is 5.11 Å². The highest BCUT2D eigenvalue weighted by atomic mass is 32.2. The Morgan fingerprint density at radius 1 is 1.41 bits per heavy atom. The largest absolute Gasteiger partial charge is 0.393 e. The molecule has 0 fully saturated rings. The maximum Gasteiger partial charge on any atom is 0.229 e. The van der Waals surface area contributed by atoms with Gasteiger partial charge in [0, 0.05) is 0 Å². The topological polar surface area (TPSA) is 66.4 Å². The zero-order chi connectivity index (χ0) is 13.1. The van der Waals surface area contributed by atoms with Crippen molar-refractivity contribution in [2.45, 2.75) is 32.8 Å². The zero-order valence-corrected chi connectivity index (χ0v) is 11.2. The minimum absolute atomic E-state index is 0.385. The molecule has 0 aliphatic rings. The molecule has 4 nitrogen and oxygen atoms in total. The van der Waals surface area contributed by atoms with Crippen LogP contribution < -0.4 is 4.72 Å². The molecule has 0 radical (unpaired) electrons. The summed E-state index contributed by atoms with van der Waals surface area (Å²) in [6.45, 7) is 3.75. The second-order valence-corrected chi connectivity index (χ2v) is 6.04. The summed E-state index contributed by atoms with van der Waals surface area (Å²) >= 11 is 0. The second kappa shape index (κ2) is 5.51. The van der Waals surface area contributed by atoms with E-state index in [0.29, 0.717) is 18.5 Å². The van der Waals surface area contributed by atoms with Crippen molar-refractivity contribution >= 4 is 15.7 Å². The third-order valence-electron chi connectivity index (χ3n) is 2.54. The molecule has 1 unspecified atom stereocenters. The number of sulfonamides is 1. The number of hydrogen-bond donors (Lipinski definition) is 2. The second-order valence-electron chi connectivity index (χ2n) is 4.29. The van der Waals surface area contributed by atoms with Gasteiger partial charge in [-0.1, -0.05) is 19.1 Å². The normalized spacial score (nSPS) is 13.4. The molecule has 0 saturated carbocycles. The maximum absolute atomic E-state index is 11.2. The van der Waals surface area contributed by atoms with Crippen LogP contribution in [0.1, 0.15) is 24.5 Å². The molecule has 5 heteroatoms. The average Bonchev–Trinajstić information content (AvgIpc) is 2.21. The van der Waals surface area contributed by atoms with Gasteiger partial charge in [0.15, 0.2) is 0 Å². The third-order valence-corrected chi connectivity index (χ3v) is 3.13. The van der Waals surface area contributed by atoms with Crippen molar-refractivity contribution in [2.24, 2.45) is 0 Å². The van der Waals surface area contributed by atoms with Gasteiger partial charge in [0.1, 0.15) is 0 Å². The quantitative estimate of drug-likeness (QED) is 0.843. The van der Waals surface area contributed by atoms with E-state index in [1.165, 1.54) is 0 Å². The molecule has 0 spiro atoms. The van der Waals surface area contributed by atoms with Crippen LogP contribution in [0.4, 0.5) is 5.69 Å². The van der Waals surface area contributed by atoms with E-state index in [4.69, 9.17) is 0 Å². The first kappa shape index (κ1) is 14.0. The first-order chi connectivity index (χ1) is 7.81. The van der Waals surface area contributed by atoms with E-state index < -0.39 is 10.0 Å². The van der Waals surface area contributed by atoms with Crippen molar-refractivity contribution < 1.29 is 13.5 Å². The van der Waals surface area contributed by atoms with Crippen LogP contribution in [0.25, 0.3) is 0 Å². The Hall–Kier alpha value is -1.07. The maximum atomic E-state index is 11.2. The smallest absolute Gasteiger partial charge is 0.229 e. The van der Waals surface area contributed by atoms with Crippen molar-refractivity contribution in [3.05, 3.63) is 29.3 Å². The Morgan fingerprint density at radius 2 is 2.06 bits per heavy atom. The number of aliphatic hydroxyl groups excluding tert-OH is 1. The highest BCUT2D eigenvalue weighted by Crippen LogP contribution is 2.19. The van der Waals surface area contributed by atoms with E-state index in [1.807, 2.05) is 26.0 Å². The molecule has 1 aromatic carbocycles. The molecule has 0 aromatic heterocycles. The predicted octanol–water partition coefficient (Wildman–Crippen LogP) is 1.68. The highest BCUT2D eigenvalue weighted by molar-refractivity contribution is 7.92. The van der Waals surface area contributed by atoms with Crippen molar-refractivity contribution in [3.8, 4) is 0 Å². The summed E-state index contributed by atoms with van der Waals surface area (Å²) in [6, 6.07) is 5.53. The molecule has 0 aliphatic heterocycles. The predicted molar refractivity (Wildman–Crippen MR) is 69.6 cm³/mol. The molecule has 0 saturated heterocycles. The molecule has 0 aliphatic carbocycles. The molecular formula is C12H19NO3S. The summed E-state index contributed by atoms with van der Waals surface area (Å²) in [5.41, 5.74) is 2.37. The minimum atomic E-state index is -3.26. The van der Waals surface area contributed by atoms with E-state index in [0.717, 1.165) is 17.4 Å². The Bertz CT molecular complexity index is 483. The number of anilines is 1. The van der Waals surface area contributed by atoms with E-state index >= 15 is 0 Å². The van der Waals surface area contributed by atoms with Crippen LogP contribution in [0.15, 0.2) is 18.2 Å². The minimum Gasteiger partial charge on any atom is -0.393 e. The fraction of sp³-hybridized carbons (Fsp3) is 0.500. The Labute approximate surface area is 103 Å². The summed E-state index contributed by atoms with van der Waals surface area (Å²) in [5.74, 6) is 0. The highest BCUT2D eigenvalue weighted by Gasteiger charge is 2.08. The lowest BCUT2D eigenvalue weighted by Gasteiger charge is -2.12. The number of rotatable bonds is 5. The van der Waals surface area contributed by atoms with Crippen LogP contribution in [0, 0.1) is 6.92 Å². The summed E-state index contributed by atoms with van der Waals surface area (Å²) in [7, 11) is -3.26. The van der Waals surface area contributed by atoms with Gasteiger partial charge in [-0.25, -0.2) is 8.42 Å². The lowest BCUT2D eigenvalue weighted by Crippen LogP contribution is -2.12. The Morgan fingerprint density at radius 3 is 2.59 bits per heavy atom. The number of aliphatic hydroxyl groups is 1. The van der Waals surface area contributed by atoms with E-state index in [-0.39, 0.29) is 6.10 Å². The third kappa shape index (κ3) is 4.75. The molecule has 96 valence electrons. The lowest BCUT2D eigenvalue weighted by molar-refractivity contribution is 0.171. The van der Waals surface area contributed by atoms with Gasteiger partial charge in [-0.15, -0.1) is 0 Å². The van der Waals surface area contributed by atoms with Crippen LogP contribution in [-0.2, 0) is 16.4 Å². The van der Waals surface area contributed by atoms with Gasteiger partial charge >= 0.3 is 0 Å². The number of aryl methyl sites for hydroxylation is 1. The SMILES string of the molecule is CCC(O)Cc1ccc(C)c(NS(C)(=O)=O)c1. The van der Waals surface area contributed by atoms with Crippen LogP contribution >= 0.6 is 0 Å². The van der Waals surface area contributed by atoms with Crippen LogP contribution in [-0.4, -0.2) is 25.9 Å². The molecular weight excluding hydrogens is 238 g/mol. The molecule has 2 N–H and O–H groups in total. The summed E-state index contributed by atoms with van der Waals surface area (Å²) in [4.78, 5) is 0.